The van der Waals surface area contributed by atoms with E-state index in [1.807, 2.05) is 30.3 Å². The number of rotatable bonds is 3. The molecule has 2 aromatic rings. The maximum absolute atomic E-state index is 11.0. The van der Waals surface area contributed by atoms with Crippen molar-refractivity contribution in [1.82, 2.24) is 0 Å². The van der Waals surface area contributed by atoms with Crippen molar-refractivity contribution in [3.05, 3.63) is 45.6 Å². The number of furan rings is 1. The highest BCUT2D eigenvalue weighted by atomic mass is 79.9. The van der Waals surface area contributed by atoms with Crippen LogP contribution in [0.1, 0.15) is 12.7 Å². The predicted octanol–water partition coefficient (Wildman–Crippen LogP) is 4.49. The molecular weight excluding hydrogens is 303 g/mol. The minimum Gasteiger partial charge on any atom is -0.461 e. The lowest BCUT2D eigenvalue weighted by molar-refractivity contribution is -0.116. The van der Waals surface area contributed by atoms with Crippen LogP contribution in [0.4, 0.5) is 0 Å². The Kier molecular flexibility index (Phi) is 3.69. The fraction of sp³-hybridized carbons (Fsp3) is 0.154. The largest absolute Gasteiger partial charge is 0.461 e. The summed E-state index contributed by atoms with van der Waals surface area (Å²) in [4.78, 5) is 11.0. The van der Waals surface area contributed by atoms with E-state index in [1.54, 1.807) is 6.92 Å². The molecule has 2 rings (SSSR count). The van der Waals surface area contributed by atoms with E-state index < -0.39 is 0 Å². The number of hydrogen-bond donors (Lipinski definition) is 0. The van der Waals surface area contributed by atoms with E-state index in [1.165, 1.54) is 0 Å². The van der Waals surface area contributed by atoms with E-state index in [0.717, 1.165) is 15.8 Å². The zero-order chi connectivity index (χ0) is 12.4. The Bertz CT molecular complexity index is 560. The molecule has 0 atom stereocenters. The molecule has 4 heteroatoms. The number of carbonyl (C=O) groups is 1. The van der Waals surface area contributed by atoms with E-state index in [0.29, 0.717) is 17.2 Å². The van der Waals surface area contributed by atoms with Crippen molar-refractivity contribution in [1.29, 1.82) is 0 Å². The summed E-state index contributed by atoms with van der Waals surface area (Å²) in [5.41, 5.74) is 0.896. The molecule has 0 aliphatic heterocycles. The molecule has 0 amide bonds. The van der Waals surface area contributed by atoms with Gasteiger partial charge in [-0.05, 0) is 47.1 Å². The van der Waals surface area contributed by atoms with Crippen LogP contribution in [0, 0.1) is 0 Å². The van der Waals surface area contributed by atoms with Gasteiger partial charge in [0.1, 0.15) is 17.3 Å². The molecule has 0 aliphatic rings. The van der Waals surface area contributed by atoms with Crippen molar-refractivity contribution >= 4 is 33.3 Å². The van der Waals surface area contributed by atoms with E-state index in [-0.39, 0.29) is 5.78 Å². The summed E-state index contributed by atoms with van der Waals surface area (Å²) in [6, 6.07) is 9.25. The molecule has 1 heterocycles. The third-order valence-corrected chi connectivity index (χ3v) is 3.52. The second-order valence-corrected chi connectivity index (χ2v) is 5.04. The van der Waals surface area contributed by atoms with Gasteiger partial charge in [0.05, 0.1) is 11.4 Å². The highest BCUT2D eigenvalue weighted by Gasteiger charge is 2.08. The van der Waals surface area contributed by atoms with Crippen LogP contribution in [0.25, 0.3) is 11.3 Å². The third kappa shape index (κ3) is 2.99. The third-order valence-electron chi connectivity index (χ3n) is 2.29. The maximum atomic E-state index is 11.0. The highest BCUT2D eigenvalue weighted by molar-refractivity contribution is 9.10. The molecule has 0 saturated heterocycles. The molecule has 0 bridgehead atoms. The second-order valence-electron chi connectivity index (χ2n) is 3.77. The van der Waals surface area contributed by atoms with Gasteiger partial charge in [-0.3, -0.25) is 4.79 Å². The van der Waals surface area contributed by atoms with Crippen LogP contribution in [0.15, 0.2) is 39.2 Å². The summed E-state index contributed by atoms with van der Waals surface area (Å²) < 4.78 is 6.43. The number of Topliss-reactive ketones (excluding diaryl/α,β-unsaturated/α-hetero) is 1. The van der Waals surface area contributed by atoms with Crippen LogP contribution in [0.2, 0.25) is 5.02 Å². The first-order chi connectivity index (χ1) is 8.06. The number of halogens is 2. The molecule has 2 nitrogen and oxygen atoms in total. The van der Waals surface area contributed by atoms with Crippen molar-refractivity contribution in [3.8, 4) is 11.3 Å². The van der Waals surface area contributed by atoms with Crippen molar-refractivity contribution in [3.63, 3.8) is 0 Å². The van der Waals surface area contributed by atoms with Crippen LogP contribution in [-0.2, 0) is 11.2 Å². The van der Waals surface area contributed by atoms with Crippen LogP contribution < -0.4 is 0 Å². The lowest BCUT2D eigenvalue weighted by Crippen LogP contribution is -1.93. The number of benzene rings is 1. The van der Waals surface area contributed by atoms with Crippen LogP contribution in [0.5, 0.6) is 0 Å². The Hall–Kier alpha value is -1.06. The summed E-state index contributed by atoms with van der Waals surface area (Å²) >= 11 is 9.34. The Morgan fingerprint density at radius 3 is 2.76 bits per heavy atom. The number of ketones is 1. The lowest BCUT2D eigenvalue weighted by Gasteiger charge is -2.00. The molecule has 17 heavy (non-hydrogen) atoms. The smallest absolute Gasteiger partial charge is 0.137 e. The summed E-state index contributed by atoms with van der Waals surface area (Å²) in [6.45, 7) is 1.54. The van der Waals surface area contributed by atoms with Gasteiger partial charge >= 0.3 is 0 Å². The van der Waals surface area contributed by atoms with E-state index in [9.17, 15) is 4.79 Å². The Morgan fingerprint density at radius 2 is 2.12 bits per heavy atom. The summed E-state index contributed by atoms with van der Waals surface area (Å²) in [6.07, 6.45) is 0.324. The molecule has 88 valence electrons. The summed E-state index contributed by atoms with van der Waals surface area (Å²) in [5.74, 6) is 1.47. The quantitative estimate of drug-likeness (QED) is 0.835. The summed E-state index contributed by atoms with van der Waals surface area (Å²) in [7, 11) is 0. The van der Waals surface area contributed by atoms with Crippen molar-refractivity contribution in [2.24, 2.45) is 0 Å². The van der Waals surface area contributed by atoms with Crippen LogP contribution >= 0.6 is 27.5 Å². The average molecular weight is 314 g/mol. The molecular formula is C13H10BrClO2. The number of hydrogen-bond acceptors (Lipinski definition) is 2. The van der Waals surface area contributed by atoms with Crippen LogP contribution in [0.3, 0.4) is 0 Å². The SMILES string of the molecule is CC(=O)Cc1ccc(-c2ccc(Br)c(Cl)c2)o1. The van der Waals surface area contributed by atoms with Gasteiger partial charge < -0.3 is 4.42 Å². The monoisotopic (exact) mass is 312 g/mol. The lowest BCUT2D eigenvalue weighted by atomic mass is 10.2. The first kappa shape index (κ1) is 12.4. The van der Waals surface area contributed by atoms with Gasteiger partial charge in [0.15, 0.2) is 0 Å². The molecule has 0 aliphatic carbocycles. The Labute approximate surface area is 113 Å². The van der Waals surface area contributed by atoms with Crippen molar-refractivity contribution < 1.29 is 9.21 Å². The van der Waals surface area contributed by atoms with Crippen LogP contribution in [-0.4, -0.2) is 5.78 Å². The highest BCUT2D eigenvalue weighted by Crippen LogP contribution is 2.29. The minimum atomic E-state index is 0.0831. The molecule has 1 aromatic heterocycles. The van der Waals surface area contributed by atoms with E-state index in [2.05, 4.69) is 15.9 Å². The van der Waals surface area contributed by atoms with Gasteiger partial charge in [0.25, 0.3) is 0 Å². The Morgan fingerprint density at radius 1 is 1.35 bits per heavy atom. The van der Waals surface area contributed by atoms with Gasteiger partial charge in [-0.25, -0.2) is 0 Å². The second kappa shape index (κ2) is 5.07. The van der Waals surface area contributed by atoms with Gasteiger partial charge in [-0.15, -0.1) is 0 Å². The standard InChI is InChI=1S/C13H10BrClO2/c1-8(16)6-10-3-5-13(17-10)9-2-4-11(14)12(15)7-9/h2-5,7H,6H2,1H3. The number of carbonyl (C=O) groups excluding carboxylic acids is 1. The molecule has 0 spiro atoms. The average Bonchev–Trinajstić information content (AvgIpc) is 2.69. The van der Waals surface area contributed by atoms with Gasteiger partial charge in [-0.2, -0.15) is 0 Å². The van der Waals surface area contributed by atoms with E-state index >= 15 is 0 Å². The zero-order valence-electron chi connectivity index (χ0n) is 9.17. The summed E-state index contributed by atoms with van der Waals surface area (Å²) in [5, 5.41) is 0.631. The maximum Gasteiger partial charge on any atom is 0.137 e. The fourth-order valence-electron chi connectivity index (χ4n) is 1.52. The first-order valence-corrected chi connectivity index (χ1v) is 6.27. The van der Waals surface area contributed by atoms with Crippen molar-refractivity contribution in [2.75, 3.05) is 0 Å². The molecule has 0 N–H and O–H groups in total. The topological polar surface area (TPSA) is 30.2 Å². The first-order valence-electron chi connectivity index (χ1n) is 5.10. The van der Waals surface area contributed by atoms with Gasteiger partial charge in [0, 0.05) is 10.0 Å². The molecule has 0 saturated carbocycles. The Balaban J connectivity index is 2.30. The zero-order valence-corrected chi connectivity index (χ0v) is 11.5. The van der Waals surface area contributed by atoms with Gasteiger partial charge in [0.2, 0.25) is 0 Å². The molecule has 0 radical (unpaired) electrons. The van der Waals surface area contributed by atoms with E-state index in [4.69, 9.17) is 16.0 Å². The normalized spacial score (nSPS) is 10.5. The molecule has 1 aromatic carbocycles. The molecule has 0 fully saturated rings. The fourth-order valence-corrected chi connectivity index (χ4v) is 1.95. The minimum absolute atomic E-state index is 0.0831. The predicted molar refractivity (Wildman–Crippen MR) is 71.2 cm³/mol. The molecule has 0 unspecified atom stereocenters. The van der Waals surface area contributed by atoms with Gasteiger partial charge in [-0.1, -0.05) is 17.7 Å². The van der Waals surface area contributed by atoms with Crippen molar-refractivity contribution in [2.45, 2.75) is 13.3 Å².